The van der Waals surface area contributed by atoms with Crippen LogP contribution in [0.2, 0.25) is 0 Å². The molecule has 5 nitrogen and oxygen atoms in total. The largest absolute Gasteiger partial charge is 0.341 e. The summed E-state index contributed by atoms with van der Waals surface area (Å²) < 4.78 is 0. The SMILES string of the molecule is C.c1cnc2c(c1)CCCC2N(Cc1ccc(CNCc2ccsc2)cc1)Cc1nc2ccccc2[nH]1. The minimum atomic E-state index is 0. The summed E-state index contributed by atoms with van der Waals surface area (Å²) in [6.45, 7) is 3.41. The molecule has 0 saturated carbocycles. The first kappa shape index (κ1) is 25.3. The summed E-state index contributed by atoms with van der Waals surface area (Å²) in [6.07, 6.45) is 5.36. The first-order chi connectivity index (χ1) is 17.8. The Kier molecular flexibility index (Phi) is 8.09. The fourth-order valence-corrected chi connectivity index (χ4v) is 5.90. The Morgan fingerprint density at radius 3 is 2.59 bits per heavy atom. The van der Waals surface area contributed by atoms with Gasteiger partial charge in [-0.25, -0.2) is 4.98 Å². The van der Waals surface area contributed by atoms with Crippen LogP contribution in [0, 0.1) is 0 Å². The maximum atomic E-state index is 4.89. The molecule has 0 spiro atoms. The monoisotopic (exact) mass is 509 g/mol. The summed E-state index contributed by atoms with van der Waals surface area (Å²) in [4.78, 5) is 15.8. The number of pyridine rings is 1. The van der Waals surface area contributed by atoms with Gasteiger partial charge in [0.1, 0.15) is 5.82 Å². The van der Waals surface area contributed by atoms with E-state index in [1.54, 1.807) is 11.3 Å². The van der Waals surface area contributed by atoms with Crippen LogP contribution in [0.4, 0.5) is 0 Å². The van der Waals surface area contributed by atoms with Crippen molar-refractivity contribution >= 4 is 22.4 Å². The molecule has 6 rings (SSSR count). The number of nitrogens with one attached hydrogen (secondary N) is 2. The summed E-state index contributed by atoms with van der Waals surface area (Å²) in [6, 6.07) is 24.1. The molecule has 0 amide bonds. The van der Waals surface area contributed by atoms with Crippen LogP contribution in [-0.2, 0) is 32.6 Å². The van der Waals surface area contributed by atoms with Crippen molar-refractivity contribution in [2.75, 3.05) is 0 Å². The van der Waals surface area contributed by atoms with Crippen molar-refractivity contribution in [3.63, 3.8) is 0 Å². The molecule has 6 heteroatoms. The molecule has 5 aromatic rings. The molecule has 1 atom stereocenters. The van der Waals surface area contributed by atoms with Crippen LogP contribution in [-0.4, -0.2) is 19.9 Å². The Morgan fingerprint density at radius 2 is 1.76 bits per heavy atom. The number of aryl methyl sites for hydroxylation is 1. The predicted molar refractivity (Wildman–Crippen MR) is 153 cm³/mol. The number of nitrogens with zero attached hydrogens (tertiary/aromatic N) is 3. The highest BCUT2D eigenvalue weighted by molar-refractivity contribution is 7.07. The number of aromatic amines is 1. The average Bonchev–Trinajstić information content (AvgIpc) is 3.58. The van der Waals surface area contributed by atoms with E-state index < -0.39 is 0 Å². The molecule has 0 aliphatic heterocycles. The Bertz CT molecular complexity index is 1370. The van der Waals surface area contributed by atoms with Gasteiger partial charge in [-0.2, -0.15) is 11.3 Å². The molecule has 0 radical (unpaired) electrons. The summed E-state index contributed by atoms with van der Waals surface area (Å²) in [5.41, 5.74) is 8.70. The molecule has 37 heavy (non-hydrogen) atoms. The minimum Gasteiger partial charge on any atom is -0.341 e. The first-order valence-electron chi connectivity index (χ1n) is 12.7. The van der Waals surface area contributed by atoms with Crippen LogP contribution in [0.5, 0.6) is 0 Å². The van der Waals surface area contributed by atoms with Crippen LogP contribution in [0.3, 0.4) is 0 Å². The van der Waals surface area contributed by atoms with E-state index >= 15 is 0 Å². The lowest BCUT2D eigenvalue weighted by molar-refractivity contribution is 0.153. The number of rotatable bonds is 9. The number of benzene rings is 2. The molecule has 2 aromatic carbocycles. The summed E-state index contributed by atoms with van der Waals surface area (Å²) >= 11 is 1.75. The molecule has 1 unspecified atom stereocenters. The Morgan fingerprint density at radius 1 is 0.919 bits per heavy atom. The molecule has 0 bridgehead atoms. The van der Waals surface area contributed by atoms with E-state index in [1.165, 1.54) is 34.4 Å². The van der Waals surface area contributed by atoms with Gasteiger partial charge in [0.2, 0.25) is 0 Å². The number of fused-ring (bicyclic) bond motifs is 2. The van der Waals surface area contributed by atoms with E-state index in [0.29, 0.717) is 0 Å². The van der Waals surface area contributed by atoms with Crippen LogP contribution in [0.15, 0.2) is 83.7 Å². The molecule has 2 N–H and O–H groups in total. The number of aromatic nitrogens is 3. The van der Waals surface area contributed by atoms with E-state index in [1.807, 2.05) is 12.3 Å². The van der Waals surface area contributed by atoms with Crippen LogP contribution < -0.4 is 5.32 Å². The van der Waals surface area contributed by atoms with E-state index in [4.69, 9.17) is 9.97 Å². The van der Waals surface area contributed by atoms with Crippen molar-refractivity contribution in [3.05, 3.63) is 117 Å². The summed E-state index contributed by atoms with van der Waals surface area (Å²) in [5, 5.41) is 7.88. The van der Waals surface area contributed by atoms with Gasteiger partial charge in [0.05, 0.1) is 29.3 Å². The zero-order valence-electron chi connectivity index (χ0n) is 20.4. The fourth-order valence-electron chi connectivity index (χ4n) is 5.23. The van der Waals surface area contributed by atoms with Crippen molar-refractivity contribution in [2.45, 2.75) is 58.9 Å². The topological polar surface area (TPSA) is 56.8 Å². The van der Waals surface area contributed by atoms with Crippen LogP contribution in [0.1, 0.15) is 60.1 Å². The lowest BCUT2D eigenvalue weighted by Crippen LogP contribution is -2.31. The third kappa shape index (κ3) is 5.99. The van der Waals surface area contributed by atoms with Gasteiger partial charge in [-0.05, 0) is 76.5 Å². The third-order valence-corrected chi connectivity index (χ3v) is 7.78. The third-order valence-electron chi connectivity index (χ3n) is 7.04. The average molecular weight is 510 g/mol. The van der Waals surface area contributed by atoms with E-state index in [9.17, 15) is 0 Å². The van der Waals surface area contributed by atoms with E-state index in [0.717, 1.165) is 55.9 Å². The Hall–Kier alpha value is -3.32. The van der Waals surface area contributed by atoms with Crippen molar-refractivity contribution < 1.29 is 0 Å². The maximum Gasteiger partial charge on any atom is 0.121 e. The normalized spacial score (nSPS) is 15.0. The lowest BCUT2D eigenvalue weighted by Gasteiger charge is -2.34. The molecule has 0 saturated heterocycles. The van der Waals surface area contributed by atoms with E-state index in [-0.39, 0.29) is 13.5 Å². The van der Waals surface area contributed by atoms with Gasteiger partial charge in [-0.15, -0.1) is 0 Å². The number of H-pyrrole nitrogens is 1. The highest BCUT2D eigenvalue weighted by atomic mass is 32.1. The highest BCUT2D eigenvalue weighted by Gasteiger charge is 2.28. The second-order valence-corrected chi connectivity index (χ2v) is 10.4. The van der Waals surface area contributed by atoms with Crippen molar-refractivity contribution in [1.82, 2.24) is 25.2 Å². The summed E-state index contributed by atoms with van der Waals surface area (Å²) in [5.74, 6) is 1.01. The number of hydrogen-bond donors (Lipinski definition) is 2. The van der Waals surface area contributed by atoms with Gasteiger partial charge in [0.15, 0.2) is 0 Å². The fraction of sp³-hybridized carbons (Fsp3) is 0.290. The number of thiophene rings is 1. The summed E-state index contributed by atoms with van der Waals surface area (Å²) in [7, 11) is 0. The molecular formula is C31H35N5S. The minimum absolute atomic E-state index is 0. The second-order valence-electron chi connectivity index (χ2n) is 9.61. The first-order valence-corrected chi connectivity index (χ1v) is 13.7. The molecular weight excluding hydrogens is 474 g/mol. The van der Waals surface area contributed by atoms with Crippen molar-refractivity contribution in [1.29, 1.82) is 0 Å². The van der Waals surface area contributed by atoms with Gasteiger partial charge in [-0.1, -0.05) is 49.9 Å². The molecule has 0 fully saturated rings. The smallest absolute Gasteiger partial charge is 0.121 e. The maximum absolute atomic E-state index is 4.89. The molecule has 190 valence electrons. The molecule has 3 aromatic heterocycles. The second kappa shape index (κ2) is 11.8. The zero-order valence-corrected chi connectivity index (χ0v) is 21.2. The van der Waals surface area contributed by atoms with Crippen LogP contribution in [0.25, 0.3) is 11.0 Å². The van der Waals surface area contributed by atoms with Crippen LogP contribution >= 0.6 is 11.3 Å². The van der Waals surface area contributed by atoms with Gasteiger partial charge >= 0.3 is 0 Å². The van der Waals surface area contributed by atoms with Gasteiger partial charge in [0.25, 0.3) is 0 Å². The van der Waals surface area contributed by atoms with Gasteiger partial charge < -0.3 is 10.3 Å². The standard InChI is InChI=1S/C30H31N5S.CH4/c1-2-8-27-26(7-1)33-29(34-27)20-35(28-9-3-5-25-6-4-15-32-30(25)28)19-23-12-10-22(11-13-23)17-31-18-24-14-16-36-21-24;/h1-2,4,6-8,10-16,21,28,31H,3,5,9,17-20H2,(H,33,34);1H4. The lowest BCUT2D eigenvalue weighted by atomic mass is 9.90. The molecule has 1 aliphatic carbocycles. The van der Waals surface area contributed by atoms with Crippen molar-refractivity contribution in [2.24, 2.45) is 0 Å². The molecule has 3 heterocycles. The highest BCUT2D eigenvalue weighted by Crippen LogP contribution is 2.34. The number of imidazole rings is 1. The Labute approximate surface area is 223 Å². The number of hydrogen-bond acceptors (Lipinski definition) is 5. The number of para-hydroxylation sites is 2. The van der Waals surface area contributed by atoms with Gasteiger partial charge in [-0.3, -0.25) is 9.88 Å². The van der Waals surface area contributed by atoms with Gasteiger partial charge in [0, 0.05) is 25.8 Å². The van der Waals surface area contributed by atoms with Crippen molar-refractivity contribution in [3.8, 4) is 0 Å². The molecule has 1 aliphatic rings. The van der Waals surface area contributed by atoms with E-state index in [2.05, 4.69) is 86.6 Å². The zero-order chi connectivity index (χ0) is 24.2. The quantitative estimate of drug-likeness (QED) is 0.224. The predicted octanol–water partition coefficient (Wildman–Crippen LogP) is 7.03. The Balaban J connectivity index is 0.00000280.